The molecule has 0 saturated carbocycles. The van der Waals surface area contributed by atoms with Gasteiger partial charge in [-0.15, -0.1) is 0 Å². The van der Waals surface area contributed by atoms with Crippen LogP contribution in [0, 0.1) is 6.92 Å². The Labute approximate surface area is 98.3 Å². The predicted molar refractivity (Wildman–Crippen MR) is 67.2 cm³/mol. The second-order valence-electron chi connectivity index (χ2n) is 4.41. The summed E-state index contributed by atoms with van der Waals surface area (Å²) in [5.74, 6) is 0. The fourth-order valence-corrected chi connectivity index (χ4v) is 2.41. The molecule has 0 bridgehead atoms. The molecule has 0 aliphatic heterocycles. The largest absolute Gasteiger partial charge is 0.377 e. The molecule has 4 nitrogen and oxygen atoms in total. The van der Waals surface area contributed by atoms with Crippen molar-refractivity contribution in [3.8, 4) is 0 Å². The number of aromatic nitrogens is 2. The van der Waals surface area contributed by atoms with Crippen LogP contribution >= 0.6 is 0 Å². The van der Waals surface area contributed by atoms with Crippen molar-refractivity contribution in [1.82, 2.24) is 9.97 Å². The van der Waals surface area contributed by atoms with Crippen molar-refractivity contribution in [2.75, 3.05) is 7.11 Å². The molecule has 3 rings (SSSR count). The van der Waals surface area contributed by atoms with Crippen molar-refractivity contribution >= 4 is 17.0 Å². The molecule has 0 spiro atoms. The van der Waals surface area contributed by atoms with Gasteiger partial charge in [-0.05, 0) is 24.1 Å². The minimum absolute atomic E-state index is 0.0340. The molecule has 17 heavy (non-hydrogen) atoms. The molecule has 1 aliphatic carbocycles. The van der Waals surface area contributed by atoms with E-state index in [4.69, 9.17) is 4.74 Å². The van der Waals surface area contributed by atoms with Gasteiger partial charge in [0, 0.05) is 25.4 Å². The number of ether oxygens (including phenoxy) is 1. The number of H-pyrrole nitrogens is 2. The molecule has 2 N–H and O–H groups in total. The van der Waals surface area contributed by atoms with Gasteiger partial charge in [-0.3, -0.25) is 4.79 Å². The van der Waals surface area contributed by atoms with Crippen LogP contribution in [0.25, 0.3) is 17.0 Å². The number of hydrogen-bond donors (Lipinski definition) is 2. The Morgan fingerprint density at radius 3 is 3.06 bits per heavy atom. The van der Waals surface area contributed by atoms with Crippen LogP contribution in [-0.4, -0.2) is 23.2 Å². The van der Waals surface area contributed by atoms with Gasteiger partial charge in [0.25, 0.3) is 5.56 Å². The van der Waals surface area contributed by atoms with Crippen LogP contribution in [0.3, 0.4) is 0 Å². The van der Waals surface area contributed by atoms with Crippen LogP contribution < -0.4 is 5.56 Å². The van der Waals surface area contributed by atoms with E-state index in [0.717, 1.165) is 34.1 Å². The highest BCUT2D eigenvalue weighted by atomic mass is 16.5. The maximum Gasteiger partial charge on any atom is 0.257 e. The van der Waals surface area contributed by atoms with Crippen LogP contribution in [0.2, 0.25) is 0 Å². The van der Waals surface area contributed by atoms with Crippen molar-refractivity contribution in [2.24, 2.45) is 0 Å². The second-order valence-corrected chi connectivity index (χ2v) is 4.41. The second kappa shape index (κ2) is 3.60. The predicted octanol–water partition coefficient (Wildman–Crippen LogP) is 1.75. The molecule has 1 unspecified atom stereocenters. The van der Waals surface area contributed by atoms with E-state index in [1.807, 2.05) is 19.1 Å². The molecule has 4 heteroatoms. The third-order valence-corrected chi connectivity index (χ3v) is 3.36. The first kappa shape index (κ1) is 10.4. The topological polar surface area (TPSA) is 57.9 Å². The van der Waals surface area contributed by atoms with Crippen LogP contribution in [0.4, 0.5) is 0 Å². The van der Waals surface area contributed by atoms with E-state index in [0.29, 0.717) is 0 Å². The van der Waals surface area contributed by atoms with E-state index in [1.54, 1.807) is 13.3 Å². The summed E-state index contributed by atoms with van der Waals surface area (Å²) in [4.78, 5) is 18.0. The summed E-state index contributed by atoms with van der Waals surface area (Å²) >= 11 is 0. The Hall–Kier alpha value is -1.81. The quantitative estimate of drug-likeness (QED) is 0.784. The molecule has 88 valence electrons. The summed E-state index contributed by atoms with van der Waals surface area (Å²) in [5, 5.41) is 0.770. The Bertz CT molecular complexity index is 664. The SMILES string of the molecule is COC1C=Cc2[nH]c3c(C)c[nH]c(=O)c3c2C1. The molecule has 2 aromatic rings. The zero-order chi connectivity index (χ0) is 12.0. The number of fused-ring (bicyclic) bond motifs is 3. The first-order valence-corrected chi connectivity index (χ1v) is 5.64. The fraction of sp³-hybridized carbons (Fsp3) is 0.308. The van der Waals surface area contributed by atoms with Gasteiger partial charge in [0.05, 0.1) is 17.0 Å². The van der Waals surface area contributed by atoms with E-state index < -0.39 is 0 Å². The van der Waals surface area contributed by atoms with Gasteiger partial charge in [0.1, 0.15) is 0 Å². The third-order valence-electron chi connectivity index (χ3n) is 3.36. The Kier molecular flexibility index (Phi) is 2.19. The first-order chi connectivity index (χ1) is 8.20. The molecule has 0 saturated heterocycles. The van der Waals surface area contributed by atoms with E-state index in [1.165, 1.54) is 0 Å². The highest BCUT2D eigenvalue weighted by molar-refractivity contribution is 5.89. The molecule has 0 aromatic carbocycles. The number of aromatic amines is 2. The third kappa shape index (κ3) is 1.45. The summed E-state index contributed by atoms with van der Waals surface area (Å²) in [6.07, 6.45) is 6.55. The average molecular weight is 230 g/mol. The van der Waals surface area contributed by atoms with Gasteiger partial charge in [0.2, 0.25) is 0 Å². The first-order valence-electron chi connectivity index (χ1n) is 5.64. The molecular weight excluding hydrogens is 216 g/mol. The van der Waals surface area contributed by atoms with Crippen LogP contribution in [0.5, 0.6) is 0 Å². The normalized spacial score (nSPS) is 18.6. The van der Waals surface area contributed by atoms with E-state index in [-0.39, 0.29) is 11.7 Å². The fourth-order valence-electron chi connectivity index (χ4n) is 2.41. The summed E-state index contributed by atoms with van der Waals surface area (Å²) in [5.41, 5.74) is 4.03. The number of methoxy groups -OCH3 is 1. The summed E-state index contributed by atoms with van der Waals surface area (Å²) in [6.45, 7) is 1.98. The smallest absolute Gasteiger partial charge is 0.257 e. The Balaban J connectivity index is 2.33. The van der Waals surface area contributed by atoms with Crippen molar-refractivity contribution in [2.45, 2.75) is 19.4 Å². The standard InChI is InChI=1S/C13H14N2O2/c1-7-6-14-13(16)11-9-5-8(17-2)3-4-10(9)15-12(7)11/h3-4,6,8,15H,5H2,1-2H3,(H,14,16). The molecule has 0 radical (unpaired) electrons. The van der Waals surface area contributed by atoms with Gasteiger partial charge in [-0.1, -0.05) is 6.08 Å². The molecule has 0 fully saturated rings. The summed E-state index contributed by atoms with van der Waals surface area (Å²) < 4.78 is 5.32. The number of nitrogens with one attached hydrogen (secondary N) is 2. The maximum atomic E-state index is 11.9. The number of pyridine rings is 1. The summed E-state index contributed by atoms with van der Waals surface area (Å²) in [6, 6.07) is 0. The zero-order valence-corrected chi connectivity index (χ0v) is 9.83. The minimum atomic E-state index is -0.0340. The van der Waals surface area contributed by atoms with Gasteiger partial charge in [0.15, 0.2) is 0 Å². The molecule has 2 aromatic heterocycles. The van der Waals surface area contributed by atoms with Crippen LogP contribution in [0.15, 0.2) is 17.1 Å². The number of rotatable bonds is 1. The van der Waals surface area contributed by atoms with E-state index in [9.17, 15) is 4.79 Å². The van der Waals surface area contributed by atoms with Crippen LogP contribution in [0.1, 0.15) is 16.8 Å². The monoisotopic (exact) mass is 230 g/mol. The number of aryl methyl sites for hydroxylation is 1. The minimum Gasteiger partial charge on any atom is -0.377 e. The van der Waals surface area contributed by atoms with Crippen LogP contribution in [-0.2, 0) is 11.2 Å². The van der Waals surface area contributed by atoms with Crippen molar-refractivity contribution in [3.05, 3.63) is 39.4 Å². The highest BCUT2D eigenvalue weighted by Gasteiger charge is 2.20. The number of hydrogen-bond acceptors (Lipinski definition) is 2. The van der Waals surface area contributed by atoms with E-state index >= 15 is 0 Å². The molecular formula is C13H14N2O2. The summed E-state index contributed by atoms with van der Waals surface area (Å²) in [7, 11) is 1.68. The lowest BCUT2D eigenvalue weighted by Crippen LogP contribution is -2.16. The Morgan fingerprint density at radius 2 is 2.29 bits per heavy atom. The molecule has 1 aliphatic rings. The average Bonchev–Trinajstić information content (AvgIpc) is 2.73. The van der Waals surface area contributed by atoms with Gasteiger partial charge < -0.3 is 14.7 Å². The molecule has 2 heterocycles. The lowest BCUT2D eigenvalue weighted by molar-refractivity contribution is 0.141. The lowest BCUT2D eigenvalue weighted by Gasteiger charge is -2.14. The van der Waals surface area contributed by atoms with E-state index in [2.05, 4.69) is 9.97 Å². The van der Waals surface area contributed by atoms with Crippen molar-refractivity contribution in [1.29, 1.82) is 0 Å². The van der Waals surface area contributed by atoms with Gasteiger partial charge >= 0.3 is 0 Å². The van der Waals surface area contributed by atoms with Gasteiger partial charge in [-0.2, -0.15) is 0 Å². The molecule has 0 amide bonds. The highest BCUT2D eigenvalue weighted by Crippen LogP contribution is 2.27. The van der Waals surface area contributed by atoms with Crippen molar-refractivity contribution < 1.29 is 4.74 Å². The Morgan fingerprint density at radius 1 is 1.47 bits per heavy atom. The lowest BCUT2D eigenvalue weighted by atomic mass is 9.99. The van der Waals surface area contributed by atoms with Crippen molar-refractivity contribution in [3.63, 3.8) is 0 Å². The maximum absolute atomic E-state index is 11.9. The zero-order valence-electron chi connectivity index (χ0n) is 9.83. The molecule has 1 atom stereocenters. The van der Waals surface area contributed by atoms with Gasteiger partial charge in [-0.25, -0.2) is 0 Å².